The molecular weight excluding hydrogens is 102 g/mol. The first kappa shape index (κ1) is 7.92. The van der Waals surface area contributed by atoms with Gasteiger partial charge in [0.25, 0.3) is 0 Å². The van der Waals surface area contributed by atoms with E-state index in [1.54, 1.807) is 6.92 Å². The highest BCUT2D eigenvalue weighted by atomic mass is 16.3. The van der Waals surface area contributed by atoms with Gasteiger partial charge in [0, 0.05) is 5.41 Å². The minimum absolute atomic E-state index is 0.229. The summed E-state index contributed by atoms with van der Waals surface area (Å²) in [6.07, 6.45) is 0. The summed E-state index contributed by atoms with van der Waals surface area (Å²) in [4.78, 5) is 0. The molecule has 0 spiro atoms. The van der Waals surface area contributed by atoms with E-state index < -0.39 is 5.72 Å². The average molecular weight is 117 g/mol. The van der Waals surface area contributed by atoms with Gasteiger partial charge in [0.2, 0.25) is 0 Å². The second-order valence-corrected chi connectivity index (χ2v) is 3.40. The molecule has 2 nitrogen and oxygen atoms in total. The fourth-order valence-corrected chi connectivity index (χ4v) is 0. The van der Waals surface area contributed by atoms with Crippen molar-refractivity contribution in [1.82, 2.24) is 0 Å². The van der Waals surface area contributed by atoms with E-state index in [0.29, 0.717) is 0 Å². The number of hydrogen-bond donors (Lipinski definition) is 2. The second kappa shape index (κ2) is 1.71. The SMILES string of the molecule is CC(C)(C)C(C)(N)O. The largest absolute Gasteiger partial charge is 0.376 e. The summed E-state index contributed by atoms with van der Waals surface area (Å²) in [7, 11) is 0. The molecule has 50 valence electrons. The van der Waals surface area contributed by atoms with Gasteiger partial charge in [-0.05, 0) is 6.92 Å². The summed E-state index contributed by atoms with van der Waals surface area (Å²) in [5, 5.41) is 9.13. The Hall–Kier alpha value is -0.0800. The number of hydrogen-bond acceptors (Lipinski definition) is 2. The molecule has 0 amide bonds. The summed E-state index contributed by atoms with van der Waals surface area (Å²) >= 11 is 0. The quantitative estimate of drug-likeness (QED) is 0.459. The molecule has 2 heteroatoms. The fraction of sp³-hybridized carbons (Fsp3) is 1.00. The lowest BCUT2D eigenvalue weighted by Gasteiger charge is -2.32. The first-order valence-electron chi connectivity index (χ1n) is 2.76. The van der Waals surface area contributed by atoms with Gasteiger partial charge in [-0.2, -0.15) is 0 Å². The van der Waals surface area contributed by atoms with Gasteiger partial charge in [-0.3, -0.25) is 0 Å². The summed E-state index contributed by atoms with van der Waals surface area (Å²) < 4.78 is 0. The zero-order valence-corrected chi connectivity index (χ0v) is 6.02. The van der Waals surface area contributed by atoms with Crippen molar-refractivity contribution in [3.63, 3.8) is 0 Å². The maximum atomic E-state index is 9.13. The van der Waals surface area contributed by atoms with Gasteiger partial charge in [0.05, 0.1) is 0 Å². The topological polar surface area (TPSA) is 46.2 Å². The van der Waals surface area contributed by atoms with E-state index >= 15 is 0 Å². The standard InChI is InChI=1S/C6H15NO/c1-5(2,3)6(4,7)8/h8H,7H2,1-4H3. The van der Waals surface area contributed by atoms with E-state index in [2.05, 4.69) is 0 Å². The first-order valence-corrected chi connectivity index (χ1v) is 2.76. The summed E-state index contributed by atoms with van der Waals surface area (Å²) in [6.45, 7) is 7.29. The van der Waals surface area contributed by atoms with Gasteiger partial charge in [0.1, 0.15) is 5.72 Å². The predicted molar refractivity (Wildman–Crippen MR) is 34.3 cm³/mol. The van der Waals surface area contributed by atoms with Crippen LogP contribution in [0.15, 0.2) is 0 Å². The van der Waals surface area contributed by atoms with E-state index in [-0.39, 0.29) is 5.41 Å². The molecule has 0 aromatic heterocycles. The molecule has 1 atom stereocenters. The second-order valence-electron chi connectivity index (χ2n) is 3.40. The highest BCUT2D eigenvalue weighted by molar-refractivity contribution is 4.79. The average Bonchev–Trinajstić information content (AvgIpc) is 1.25. The van der Waals surface area contributed by atoms with E-state index in [1.807, 2.05) is 20.8 Å². The number of aliphatic hydroxyl groups is 1. The lowest BCUT2D eigenvalue weighted by atomic mass is 9.85. The molecule has 0 radical (unpaired) electrons. The molecule has 0 aromatic rings. The number of nitrogens with two attached hydrogens (primary N) is 1. The van der Waals surface area contributed by atoms with Crippen LogP contribution in [0.25, 0.3) is 0 Å². The Morgan fingerprint density at radius 2 is 1.25 bits per heavy atom. The van der Waals surface area contributed by atoms with Gasteiger partial charge in [-0.25, -0.2) is 0 Å². The zero-order chi connectivity index (χ0) is 7.00. The predicted octanol–water partition coefficient (Wildman–Crippen LogP) is 0.700. The molecule has 0 aliphatic carbocycles. The van der Waals surface area contributed by atoms with Gasteiger partial charge in [-0.1, -0.05) is 20.8 Å². The normalized spacial score (nSPS) is 20.2. The van der Waals surface area contributed by atoms with Crippen molar-refractivity contribution in [3.05, 3.63) is 0 Å². The maximum absolute atomic E-state index is 9.13. The Balaban J connectivity index is 4.02. The van der Waals surface area contributed by atoms with E-state index in [0.717, 1.165) is 0 Å². The Morgan fingerprint density at radius 1 is 1.12 bits per heavy atom. The van der Waals surface area contributed by atoms with Gasteiger partial charge in [0.15, 0.2) is 0 Å². The van der Waals surface area contributed by atoms with Crippen LogP contribution in [0.1, 0.15) is 27.7 Å². The van der Waals surface area contributed by atoms with Crippen LogP contribution in [0.5, 0.6) is 0 Å². The molecule has 0 saturated carbocycles. The van der Waals surface area contributed by atoms with Crippen LogP contribution in [0.2, 0.25) is 0 Å². The number of rotatable bonds is 0. The van der Waals surface area contributed by atoms with Gasteiger partial charge < -0.3 is 10.8 Å². The molecule has 0 bridgehead atoms. The molecule has 1 unspecified atom stereocenters. The van der Waals surface area contributed by atoms with E-state index in [1.165, 1.54) is 0 Å². The fourth-order valence-electron chi connectivity index (χ4n) is 0. The molecular formula is C6H15NO. The molecule has 0 aromatic carbocycles. The van der Waals surface area contributed by atoms with Crippen molar-refractivity contribution in [2.45, 2.75) is 33.4 Å². The molecule has 0 aliphatic rings. The minimum atomic E-state index is -1.06. The molecule has 0 saturated heterocycles. The lowest BCUT2D eigenvalue weighted by molar-refractivity contribution is -0.0354. The third-order valence-corrected chi connectivity index (χ3v) is 1.52. The van der Waals surface area contributed by atoms with Crippen LogP contribution in [0.4, 0.5) is 0 Å². The Bertz CT molecular complexity index is 63.5. The summed E-state index contributed by atoms with van der Waals surface area (Å²) in [5.41, 5.74) is 4.08. The minimum Gasteiger partial charge on any atom is -0.376 e. The monoisotopic (exact) mass is 117 g/mol. The van der Waals surface area contributed by atoms with Crippen LogP contribution in [-0.2, 0) is 0 Å². The van der Waals surface area contributed by atoms with Crippen molar-refractivity contribution >= 4 is 0 Å². The maximum Gasteiger partial charge on any atom is 0.115 e. The van der Waals surface area contributed by atoms with Crippen molar-refractivity contribution in [2.75, 3.05) is 0 Å². The van der Waals surface area contributed by atoms with Crippen LogP contribution in [0, 0.1) is 5.41 Å². The van der Waals surface area contributed by atoms with Crippen LogP contribution < -0.4 is 5.73 Å². The Morgan fingerprint density at radius 3 is 1.25 bits per heavy atom. The van der Waals surface area contributed by atoms with Crippen molar-refractivity contribution in [3.8, 4) is 0 Å². The molecule has 0 rings (SSSR count). The highest BCUT2D eigenvalue weighted by Crippen LogP contribution is 2.24. The first-order chi connectivity index (χ1) is 3.25. The zero-order valence-electron chi connectivity index (χ0n) is 6.02. The van der Waals surface area contributed by atoms with Crippen LogP contribution in [-0.4, -0.2) is 10.8 Å². The van der Waals surface area contributed by atoms with Crippen molar-refractivity contribution in [1.29, 1.82) is 0 Å². The Labute approximate surface area is 50.7 Å². The van der Waals surface area contributed by atoms with Gasteiger partial charge >= 0.3 is 0 Å². The third-order valence-electron chi connectivity index (χ3n) is 1.52. The van der Waals surface area contributed by atoms with Gasteiger partial charge in [-0.15, -0.1) is 0 Å². The molecule has 8 heavy (non-hydrogen) atoms. The Kier molecular flexibility index (Phi) is 1.69. The van der Waals surface area contributed by atoms with E-state index in [9.17, 15) is 0 Å². The van der Waals surface area contributed by atoms with Crippen molar-refractivity contribution in [2.24, 2.45) is 11.1 Å². The smallest absolute Gasteiger partial charge is 0.115 e. The molecule has 0 heterocycles. The lowest BCUT2D eigenvalue weighted by Crippen LogP contribution is -2.48. The van der Waals surface area contributed by atoms with Crippen LogP contribution >= 0.6 is 0 Å². The summed E-state index contributed by atoms with van der Waals surface area (Å²) in [5.74, 6) is 0. The van der Waals surface area contributed by atoms with Crippen molar-refractivity contribution < 1.29 is 5.11 Å². The van der Waals surface area contributed by atoms with E-state index in [4.69, 9.17) is 10.8 Å². The van der Waals surface area contributed by atoms with Crippen LogP contribution in [0.3, 0.4) is 0 Å². The molecule has 3 N–H and O–H groups in total. The molecule has 0 aliphatic heterocycles. The molecule has 0 fully saturated rings. The third kappa shape index (κ3) is 1.80. The summed E-state index contributed by atoms with van der Waals surface area (Å²) in [6, 6.07) is 0. The highest BCUT2D eigenvalue weighted by Gasteiger charge is 2.30.